The van der Waals surface area contributed by atoms with Crippen molar-refractivity contribution < 1.29 is 0 Å². The van der Waals surface area contributed by atoms with Crippen LogP contribution in [0.1, 0.15) is 27.2 Å². The third-order valence-electron chi connectivity index (χ3n) is 1.40. The van der Waals surface area contributed by atoms with Crippen LogP contribution in [0.4, 0.5) is 0 Å². The van der Waals surface area contributed by atoms with Gasteiger partial charge in [0.05, 0.1) is 0 Å². The molecule has 0 bridgehead atoms. The minimum Gasteiger partial charge on any atom is -0.214 e. The van der Waals surface area contributed by atoms with E-state index in [1.165, 1.54) is 6.42 Å². The molecule has 7 heavy (non-hydrogen) atoms. The maximum absolute atomic E-state index is 2.26. The summed E-state index contributed by atoms with van der Waals surface area (Å²) in [5.74, 6) is 0. The molecule has 0 aromatic carbocycles. The zero-order valence-electron chi connectivity index (χ0n) is 5.62. The predicted molar refractivity (Wildman–Crippen MR) is 40.5 cm³/mol. The summed E-state index contributed by atoms with van der Waals surface area (Å²) in [4.78, 5) is 0. The molecule has 0 aromatic heterocycles. The van der Waals surface area contributed by atoms with Gasteiger partial charge in [-0.2, -0.15) is 0 Å². The van der Waals surface area contributed by atoms with E-state index in [0.717, 1.165) is 0 Å². The number of hydrogen-bond acceptors (Lipinski definition) is 1. The van der Waals surface area contributed by atoms with Gasteiger partial charge in [-0.15, -0.1) is 0 Å². The van der Waals surface area contributed by atoms with Crippen molar-refractivity contribution in [3.63, 3.8) is 0 Å². The van der Waals surface area contributed by atoms with E-state index in [1.807, 2.05) is 11.6 Å². The lowest BCUT2D eigenvalue weighted by Gasteiger charge is -2.18. The normalized spacial score (nSPS) is 11.9. The number of hydrogen-bond donors (Lipinski definition) is 0. The molecule has 0 nitrogen and oxygen atoms in total. The monoisotopic (exact) mass is 116 g/mol. The average molecular weight is 116 g/mol. The van der Waals surface area contributed by atoms with Gasteiger partial charge < -0.3 is 0 Å². The van der Waals surface area contributed by atoms with Crippen molar-refractivity contribution in [3.8, 4) is 0 Å². The van der Waals surface area contributed by atoms with Gasteiger partial charge in [-0.3, -0.25) is 0 Å². The Bertz CT molecular complexity index is 46.0. The molecule has 0 radical (unpaired) electrons. The van der Waals surface area contributed by atoms with Gasteiger partial charge in [0, 0.05) is 0 Å². The van der Waals surface area contributed by atoms with Crippen LogP contribution in [0.25, 0.3) is 0 Å². The van der Waals surface area contributed by atoms with Crippen LogP contribution in [-0.4, -0.2) is 11.9 Å². The second-order valence-corrected chi connectivity index (χ2v) is 3.83. The number of rotatable bonds is 2. The summed E-state index contributed by atoms with van der Waals surface area (Å²) in [6, 6.07) is 0. The van der Waals surface area contributed by atoms with Crippen molar-refractivity contribution >= 4 is 18.7 Å². The van der Waals surface area contributed by atoms with Crippen molar-refractivity contribution in [1.82, 2.24) is 0 Å². The smallest absolute Gasteiger partial charge is 0.174 e. The van der Waals surface area contributed by atoms with E-state index < -0.39 is 0 Å². The van der Waals surface area contributed by atoms with Crippen LogP contribution in [-0.2, 0) is 0 Å². The van der Waals surface area contributed by atoms with Gasteiger partial charge in [-0.1, -0.05) is 20.8 Å². The molecule has 0 atom stereocenters. The van der Waals surface area contributed by atoms with E-state index in [0.29, 0.717) is 4.75 Å². The molecule has 0 spiro atoms. The summed E-state index contributed by atoms with van der Waals surface area (Å²) in [6.07, 6.45) is 1.26. The highest BCUT2D eigenvalue weighted by Crippen LogP contribution is 2.23. The van der Waals surface area contributed by atoms with Gasteiger partial charge in [-0.25, -0.2) is 11.6 Å². The summed E-state index contributed by atoms with van der Waals surface area (Å²) in [6.45, 7) is 6.74. The fourth-order valence-electron chi connectivity index (χ4n) is 0.144. The molecule has 0 saturated carbocycles. The van der Waals surface area contributed by atoms with E-state index >= 15 is 0 Å². The molecule has 0 heterocycles. The molecule has 0 rings (SSSR count). The van der Waals surface area contributed by atoms with Gasteiger partial charge >= 0.3 is 0 Å². The maximum atomic E-state index is 2.26. The summed E-state index contributed by atoms with van der Waals surface area (Å²) in [5, 5.41) is 0. The van der Waals surface area contributed by atoms with Gasteiger partial charge in [0.1, 0.15) is 0 Å². The van der Waals surface area contributed by atoms with Crippen molar-refractivity contribution in [1.29, 1.82) is 0 Å². The Morgan fingerprint density at radius 1 is 1.57 bits per heavy atom. The summed E-state index contributed by atoms with van der Waals surface area (Å²) < 4.78 is 0.500. The van der Waals surface area contributed by atoms with E-state index in [-0.39, 0.29) is 0 Å². The Labute approximate surface area is 51.4 Å². The standard InChI is InChI=1S/C5H13BS/c1-4-5(2,3)7-6/h4,6H2,1-3H3. The highest BCUT2D eigenvalue weighted by atomic mass is 32.2. The quantitative estimate of drug-likeness (QED) is 0.492. The van der Waals surface area contributed by atoms with Crippen molar-refractivity contribution in [2.75, 3.05) is 0 Å². The Hall–Kier alpha value is 0.415. The van der Waals surface area contributed by atoms with Gasteiger partial charge in [-0.05, 0) is 11.2 Å². The van der Waals surface area contributed by atoms with Crippen molar-refractivity contribution in [3.05, 3.63) is 0 Å². The molecular formula is C5H13BS. The molecule has 0 amide bonds. The minimum absolute atomic E-state index is 0.500. The Balaban J connectivity index is 3.36. The molecule has 0 unspecified atom stereocenters. The lowest BCUT2D eigenvalue weighted by atomic mass is 10.1. The van der Waals surface area contributed by atoms with Crippen molar-refractivity contribution in [2.45, 2.75) is 31.9 Å². The largest absolute Gasteiger partial charge is 0.214 e. The highest BCUT2D eigenvalue weighted by molar-refractivity contribution is 8.20. The second-order valence-electron chi connectivity index (χ2n) is 2.32. The molecule has 0 aliphatic carbocycles. The molecule has 0 N–H and O–H groups in total. The zero-order valence-corrected chi connectivity index (χ0v) is 6.43. The highest BCUT2D eigenvalue weighted by Gasteiger charge is 2.09. The third kappa shape index (κ3) is 3.04. The summed E-state index contributed by atoms with van der Waals surface area (Å²) in [5.41, 5.74) is 0. The first-order valence-electron chi connectivity index (χ1n) is 2.67. The van der Waals surface area contributed by atoms with Crippen LogP contribution >= 0.6 is 11.6 Å². The van der Waals surface area contributed by atoms with Gasteiger partial charge in [0.25, 0.3) is 0 Å². The lowest BCUT2D eigenvalue weighted by Crippen LogP contribution is -2.11. The average Bonchev–Trinajstić information content (AvgIpc) is 1.68. The van der Waals surface area contributed by atoms with Crippen LogP contribution in [0, 0.1) is 0 Å². The van der Waals surface area contributed by atoms with Crippen LogP contribution in [0.2, 0.25) is 0 Å². The Morgan fingerprint density at radius 3 is 2.00 bits per heavy atom. The molecular weight excluding hydrogens is 103 g/mol. The first-order valence-corrected chi connectivity index (χ1v) is 3.90. The summed E-state index contributed by atoms with van der Waals surface area (Å²) in [7, 11) is 2.16. The first kappa shape index (κ1) is 7.41. The Morgan fingerprint density at radius 2 is 2.00 bits per heavy atom. The SMILES string of the molecule is BSC(C)(C)CC. The van der Waals surface area contributed by atoms with Crippen LogP contribution < -0.4 is 0 Å². The third-order valence-corrected chi connectivity index (χ3v) is 2.80. The molecule has 42 valence electrons. The second kappa shape index (κ2) is 2.66. The van der Waals surface area contributed by atoms with E-state index in [9.17, 15) is 0 Å². The topological polar surface area (TPSA) is 0 Å². The van der Waals surface area contributed by atoms with Crippen LogP contribution in [0.3, 0.4) is 0 Å². The minimum atomic E-state index is 0.500. The van der Waals surface area contributed by atoms with Crippen LogP contribution in [0.5, 0.6) is 0 Å². The maximum Gasteiger partial charge on any atom is 0.174 e. The summed E-state index contributed by atoms with van der Waals surface area (Å²) >= 11 is 1.93. The molecule has 0 aliphatic rings. The molecule has 0 aromatic rings. The van der Waals surface area contributed by atoms with E-state index in [2.05, 4.69) is 27.9 Å². The van der Waals surface area contributed by atoms with Crippen molar-refractivity contribution in [2.24, 2.45) is 0 Å². The molecule has 0 aliphatic heterocycles. The molecule has 0 saturated heterocycles. The predicted octanol–water partition coefficient (Wildman–Crippen LogP) is 1.46. The zero-order chi connectivity index (χ0) is 5.91. The van der Waals surface area contributed by atoms with E-state index in [4.69, 9.17) is 0 Å². The first-order chi connectivity index (χ1) is 3.12. The molecule has 2 heteroatoms. The van der Waals surface area contributed by atoms with Gasteiger partial charge in [0.15, 0.2) is 7.12 Å². The molecule has 0 fully saturated rings. The van der Waals surface area contributed by atoms with Crippen LogP contribution in [0.15, 0.2) is 0 Å². The fourth-order valence-corrected chi connectivity index (χ4v) is 0.433. The van der Waals surface area contributed by atoms with Gasteiger partial charge in [0.2, 0.25) is 0 Å². The fraction of sp³-hybridized carbons (Fsp3) is 1.00. The lowest BCUT2D eigenvalue weighted by molar-refractivity contribution is 0.689. The van der Waals surface area contributed by atoms with E-state index in [1.54, 1.807) is 0 Å². The Kier molecular flexibility index (Phi) is 2.81.